The summed E-state index contributed by atoms with van der Waals surface area (Å²) in [6.07, 6.45) is 2.07. The quantitative estimate of drug-likeness (QED) is 0.319. The van der Waals surface area contributed by atoms with E-state index in [9.17, 15) is 4.79 Å². The third kappa shape index (κ3) is 8.98. The second-order valence-electron chi connectivity index (χ2n) is 11.8. The molecule has 3 rings (SSSR count). The molecule has 0 spiro atoms. The number of rotatable bonds is 11. The minimum Gasteiger partial charge on any atom is -0.444 e. The van der Waals surface area contributed by atoms with Crippen LogP contribution >= 0.6 is 0 Å². The van der Waals surface area contributed by atoms with Crippen LogP contribution in [0, 0.1) is 0 Å². The van der Waals surface area contributed by atoms with Crippen molar-refractivity contribution in [2.24, 2.45) is 0 Å². The van der Waals surface area contributed by atoms with Gasteiger partial charge in [0.15, 0.2) is 0 Å². The number of likely N-dealkylation sites (tertiary alicyclic amines) is 1. The lowest BCUT2D eigenvalue weighted by molar-refractivity contribution is 0.00859. The van der Waals surface area contributed by atoms with Crippen molar-refractivity contribution in [2.45, 2.75) is 77.4 Å². The Balaban J connectivity index is 1.91. The summed E-state index contributed by atoms with van der Waals surface area (Å²) in [4.78, 5) is 20.0. The first kappa shape index (κ1) is 29.4. The standard InChI is InChI=1S/C27H42BN3O5Si/c1-27(2,3)36-26(32)31-17-22(35-13-12-33-4)16-24(31)25-29-23(20-8-10-21(28)11-9-20)18-30(25)19-34-14-15-37(5,6)7/h8-11,18,22,24H,12-17,19H2,1-7H3/t22-,24-/m0/s1. The van der Waals surface area contributed by atoms with Gasteiger partial charge < -0.3 is 23.5 Å². The van der Waals surface area contributed by atoms with Gasteiger partial charge in [0.2, 0.25) is 0 Å². The molecule has 2 aromatic rings. The van der Waals surface area contributed by atoms with Crippen LogP contribution in [0.15, 0.2) is 30.5 Å². The number of benzene rings is 1. The topological polar surface area (TPSA) is 75.1 Å². The van der Waals surface area contributed by atoms with Crippen molar-refractivity contribution in [2.75, 3.05) is 33.5 Å². The van der Waals surface area contributed by atoms with Crippen molar-refractivity contribution in [3.8, 4) is 11.3 Å². The van der Waals surface area contributed by atoms with Crippen molar-refractivity contribution in [1.29, 1.82) is 0 Å². The lowest BCUT2D eigenvalue weighted by Gasteiger charge is -2.28. The van der Waals surface area contributed by atoms with Gasteiger partial charge in [0.25, 0.3) is 0 Å². The normalized spacial score (nSPS) is 18.4. The van der Waals surface area contributed by atoms with Gasteiger partial charge in [-0.15, -0.1) is 0 Å². The van der Waals surface area contributed by atoms with E-state index >= 15 is 0 Å². The maximum Gasteiger partial charge on any atom is 0.411 e. The Morgan fingerprint density at radius 3 is 2.46 bits per heavy atom. The molecule has 1 aromatic carbocycles. The van der Waals surface area contributed by atoms with E-state index in [0.29, 0.717) is 45.0 Å². The maximum atomic E-state index is 13.3. The van der Waals surface area contributed by atoms with Gasteiger partial charge in [0.05, 0.1) is 37.6 Å². The van der Waals surface area contributed by atoms with Crippen LogP contribution in [-0.2, 0) is 25.7 Å². The van der Waals surface area contributed by atoms with E-state index in [4.69, 9.17) is 31.8 Å². The van der Waals surface area contributed by atoms with E-state index < -0.39 is 13.7 Å². The summed E-state index contributed by atoms with van der Waals surface area (Å²) in [5.74, 6) is 0.753. The Labute approximate surface area is 224 Å². The predicted molar refractivity (Wildman–Crippen MR) is 149 cm³/mol. The third-order valence-corrected chi connectivity index (χ3v) is 7.77. The van der Waals surface area contributed by atoms with E-state index in [1.807, 2.05) is 55.8 Å². The fourth-order valence-corrected chi connectivity index (χ4v) is 4.87. The molecule has 37 heavy (non-hydrogen) atoms. The monoisotopic (exact) mass is 527 g/mol. The fourth-order valence-electron chi connectivity index (χ4n) is 4.12. The average Bonchev–Trinajstić information content (AvgIpc) is 3.40. The first-order chi connectivity index (χ1) is 17.4. The summed E-state index contributed by atoms with van der Waals surface area (Å²) < 4.78 is 25.0. The summed E-state index contributed by atoms with van der Waals surface area (Å²) >= 11 is 0. The highest BCUT2D eigenvalue weighted by molar-refractivity contribution is 6.76. The number of aromatic nitrogens is 2. The summed E-state index contributed by atoms with van der Waals surface area (Å²) in [5.41, 5.74) is 1.84. The summed E-state index contributed by atoms with van der Waals surface area (Å²) in [7, 11) is 6.32. The van der Waals surface area contributed by atoms with Gasteiger partial charge in [0, 0.05) is 40.0 Å². The maximum absolute atomic E-state index is 13.3. The molecule has 2 radical (unpaired) electrons. The van der Waals surface area contributed by atoms with Gasteiger partial charge in [-0.2, -0.15) is 0 Å². The highest BCUT2D eigenvalue weighted by Crippen LogP contribution is 2.35. The Morgan fingerprint density at radius 1 is 1.14 bits per heavy atom. The molecule has 0 aliphatic carbocycles. The van der Waals surface area contributed by atoms with E-state index in [1.54, 1.807) is 12.0 Å². The van der Waals surface area contributed by atoms with Crippen molar-refractivity contribution in [3.05, 3.63) is 36.3 Å². The SMILES string of the molecule is [B]c1ccc(-c2cn(COCC[Si](C)(C)C)c([C@@H]3C[C@H](OCCOC)CN3C(=O)OC(C)(C)C)n2)cc1. The summed E-state index contributed by atoms with van der Waals surface area (Å²) in [6, 6.07) is 8.39. The number of hydrogen-bond acceptors (Lipinski definition) is 6. The van der Waals surface area contributed by atoms with Gasteiger partial charge in [0.1, 0.15) is 26.0 Å². The Kier molecular flexibility index (Phi) is 10.0. The predicted octanol–water partition coefficient (Wildman–Crippen LogP) is 4.37. The molecule has 202 valence electrons. The number of methoxy groups -OCH3 is 1. The molecule has 0 bridgehead atoms. The van der Waals surface area contributed by atoms with Crippen molar-refractivity contribution >= 4 is 27.5 Å². The molecular weight excluding hydrogens is 485 g/mol. The number of ether oxygens (including phenoxy) is 4. The highest BCUT2D eigenvalue weighted by atomic mass is 28.3. The molecule has 0 saturated carbocycles. The molecule has 1 amide bonds. The lowest BCUT2D eigenvalue weighted by Crippen LogP contribution is -2.38. The fraction of sp³-hybridized carbons (Fsp3) is 0.630. The van der Waals surface area contributed by atoms with E-state index in [1.165, 1.54) is 0 Å². The number of nitrogens with zero attached hydrogens (tertiary/aromatic N) is 3. The van der Waals surface area contributed by atoms with Gasteiger partial charge in [-0.25, -0.2) is 9.78 Å². The molecule has 0 unspecified atom stereocenters. The van der Waals surface area contributed by atoms with Gasteiger partial charge in [-0.1, -0.05) is 49.4 Å². The average molecular weight is 528 g/mol. The molecule has 10 heteroatoms. The molecule has 2 atom stereocenters. The lowest BCUT2D eigenvalue weighted by atomic mass is 9.95. The minimum atomic E-state index is -1.22. The summed E-state index contributed by atoms with van der Waals surface area (Å²) in [6.45, 7) is 15.0. The van der Waals surface area contributed by atoms with Crippen molar-refractivity contribution in [1.82, 2.24) is 14.5 Å². The number of carbonyl (C=O) groups excluding carboxylic acids is 1. The largest absolute Gasteiger partial charge is 0.444 e. The molecular formula is C27H42BN3O5Si. The Hall–Kier alpha value is -2.14. The van der Waals surface area contributed by atoms with Gasteiger partial charge >= 0.3 is 6.09 Å². The van der Waals surface area contributed by atoms with Crippen LogP contribution in [0.1, 0.15) is 39.1 Å². The van der Waals surface area contributed by atoms with Crippen LogP contribution in [0.3, 0.4) is 0 Å². The molecule has 2 heterocycles. The van der Waals surface area contributed by atoms with Gasteiger partial charge in [-0.3, -0.25) is 4.90 Å². The van der Waals surface area contributed by atoms with Gasteiger partial charge in [-0.05, 0) is 26.8 Å². The zero-order chi connectivity index (χ0) is 27.2. The Morgan fingerprint density at radius 2 is 1.84 bits per heavy atom. The first-order valence-corrected chi connectivity index (χ1v) is 16.7. The molecule has 1 aliphatic heterocycles. The zero-order valence-electron chi connectivity index (χ0n) is 23.5. The summed E-state index contributed by atoms with van der Waals surface area (Å²) in [5, 5.41) is 0. The van der Waals surface area contributed by atoms with E-state index in [0.717, 1.165) is 23.1 Å². The van der Waals surface area contributed by atoms with E-state index in [-0.39, 0.29) is 18.2 Å². The number of carbonyl (C=O) groups is 1. The van der Waals surface area contributed by atoms with E-state index in [2.05, 4.69) is 19.6 Å². The molecule has 1 aliphatic rings. The number of imidazole rings is 1. The van der Waals surface area contributed by atoms with Crippen LogP contribution in [0.2, 0.25) is 25.7 Å². The van der Waals surface area contributed by atoms with Crippen LogP contribution in [0.4, 0.5) is 4.79 Å². The number of hydrogen-bond donors (Lipinski definition) is 0. The van der Waals surface area contributed by atoms with Crippen LogP contribution in [0.5, 0.6) is 0 Å². The highest BCUT2D eigenvalue weighted by Gasteiger charge is 2.41. The van der Waals surface area contributed by atoms with Crippen LogP contribution in [0.25, 0.3) is 11.3 Å². The first-order valence-electron chi connectivity index (χ1n) is 13.0. The van der Waals surface area contributed by atoms with Crippen LogP contribution in [-0.4, -0.2) is 81.6 Å². The Bertz CT molecular complexity index is 1020. The molecule has 8 nitrogen and oxygen atoms in total. The molecule has 1 aromatic heterocycles. The second-order valence-corrected chi connectivity index (χ2v) is 17.4. The second kappa shape index (κ2) is 12.6. The van der Waals surface area contributed by atoms with Crippen molar-refractivity contribution < 1.29 is 23.7 Å². The zero-order valence-corrected chi connectivity index (χ0v) is 24.5. The number of amides is 1. The minimum absolute atomic E-state index is 0.148. The van der Waals surface area contributed by atoms with Crippen LogP contribution < -0.4 is 5.46 Å². The molecule has 0 N–H and O–H groups in total. The molecule has 1 fully saturated rings. The molecule has 1 saturated heterocycles. The van der Waals surface area contributed by atoms with Crippen molar-refractivity contribution in [3.63, 3.8) is 0 Å². The third-order valence-electron chi connectivity index (χ3n) is 6.07. The smallest absolute Gasteiger partial charge is 0.411 e.